The Balaban J connectivity index is 1.77. The van der Waals surface area contributed by atoms with E-state index in [9.17, 15) is 14.7 Å². The lowest BCUT2D eigenvalue weighted by Gasteiger charge is -2.33. The van der Waals surface area contributed by atoms with Crippen molar-refractivity contribution in [2.75, 3.05) is 20.7 Å². The van der Waals surface area contributed by atoms with Gasteiger partial charge in [-0.2, -0.15) is 0 Å². The number of rotatable bonds is 3. The van der Waals surface area contributed by atoms with E-state index in [1.54, 1.807) is 24.3 Å². The van der Waals surface area contributed by atoms with Gasteiger partial charge in [-0.05, 0) is 37.2 Å². The third kappa shape index (κ3) is 2.95. The summed E-state index contributed by atoms with van der Waals surface area (Å²) in [4.78, 5) is 33.4. The lowest BCUT2D eigenvalue weighted by molar-refractivity contribution is 0.251. The van der Waals surface area contributed by atoms with Crippen LogP contribution in [0.1, 0.15) is 22.9 Å². The van der Waals surface area contributed by atoms with Crippen LogP contribution in [-0.2, 0) is 6.42 Å². The van der Waals surface area contributed by atoms with E-state index in [4.69, 9.17) is 4.74 Å². The van der Waals surface area contributed by atoms with Crippen molar-refractivity contribution in [1.82, 2.24) is 19.4 Å². The molecule has 3 heterocycles. The molecule has 2 aromatic heterocycles. The van der Waals surface area contributed by atoms with E-state index in [2.05, 4.69) is 9.97 Å². The molecule has 0 fully saturated rings. The molecule has 0 spiro atoms. The third-order valence-corrected chi connectivity index (χ3v) is 5.98. The Morgan fingerprint density at radius 3 is 2.71 bits per heavy atom. The van der Waals surface area contributed by atoms with Gasteiger partial charge in [0, 0.05) is 29.2 Å². The molecule has 0 amide bonds. The number of hydrogen-bond acceptors (Lipinski definition) is 5. The predicted molar refractivity (Wildman–Crippen MR) is 117 cm³/mol. The molecule has 5 rings (SSSR count). The molecular weight excluding hydrogens is 396 g/mol. The molecule has 0 bridgehead atoms. The standard InChI is InChI=1S/C23H22N4O4/c1-26-11-10-16-15-8-3-4-9-17(15)24-19(16)20(26)18-21(28)25-23(30)27(22(18)29)13-6-5-7-14(12-13)31-2/h3-9,12,20,24,29H,10-11H2,1-2H3,(H,25,28,30)/t20-/m0/s1. The van der Waals surface area contributed by atoms with Crippen molar-refractivity contribution in [3.63, 3.8) is 0 Å². The monoisotopic (exact) mass is 418 g/mol. The van der Waals surface area contributed by atoms with Crippen molar-refractivity contribution < 1.29 is 9.84 Å². The number of nitrogens with zero attached hydrogens (tertiary/aromatic N) is 2. The lowest BCUT2D eigenvalue weighted by atomic mass is 9.94. The van der Waals surface area contributed by atoms with Crippen LogP contribution in [0, 0.1) is 0 Å². The van der Waals surface area contributed by atoms with E-state index in [0.717, 1.165) is 33.1 Å². The number of aromatic amines is 2. The highest BCUT2D eigenvalue weighted by atomic mass is 16.5. The summed E-state index contributed by atoms with van der Waals surface area (Å²) in [7, 11) is 3.42. The minimum absolute atomic E-state index is 0.123. The summed E-state index contributed by atoms with van der Waals surface area (Å²) in [5.41, 5.74) is 2.15. The second-order valence-corrected chi connectivity index (χ2v) is 7.73. The number of nitrogens with one attached hydrogen (secondary N) is 2. The summed E-state index contributed by atoms with van der Waals surface area (Å²) >= 11 is 0. The molecule has 2 aromatic carbocycles. The number of methoxy groups -OCH3 is 1. The van der Waals surface area contributed by atoms with Crippen molar-refractivity contribution in [2.45, 2.75) is 12.5 Å². The Hall–Kier alpha value is -3.78. The molecule has 8 nitrogen and oxygen atoms in total. The number of benzene rings is 2. The van der Waals surface area contributed by atoms with Gasteiger partial charge in [0.15, 0.2) is 0 Å². The van der Waals surface area contributed by atoms with Crippen LogP contribution in [0.25, 0.3) is 16.6 Å². The topological polar surface area (TPSA) is 103 Å². The molecule has 0 aliphatic carbocycles. The van der Waals surface area contributed by atoms with Crippen LogP contribution < -0.4 is 16.0 Å². The van der Waals surface area contributed by atoms with Crippen LogP contribution in [0.2, 0.25) is 0 Å². The van der Waals surface area contributed by atoms with Gasteiger partial charge in [0.2, 0.25) is 5.88 Å². The Kier molecular flexibility index (Phi) is 4.44. The Labute approximate surface area is 177 Å². The van der Waals surface area contributed by atoms with Gasteiger partial charge >= 0.3 is 5.69 Å². The number of hydrogen-bond donors (Lipinski definition) is 3. The first-order valence-electron chi connectivity index (χ1n) is 10.0. The molecule has 0 saturated heterocycles. The molecule has 1 atom stereocenters. The van der Waals surface area contributed by atoms with Crippen LogP contribution in [0.15, 0.2) is 58.1 Å². The molecule has 1 aliphatic heterocycles. The lowest BCUT2D eigenvalue weighted by Crippen LogP contribution is -2.39. The molecule has 158 valence electrons. The molecule has 4 aromatic rings. The number of aromatic hydroxyl groups is 1. The Bertz CT molecular complexity index is 1420. The fourth-order valence-corrected chi connectivity index (χ4v) is 4.50. The van der Waals surface area contributed by atoms with E-state index < -0.39 is 17.3 Å². The Morgan fingerprint density at radius 2 is 1.90 bits per heavy atom. The van der Waals surface area contributed by atoms with Gasteiger partial charge in [-0.15, -0.1) is 0 Å². The summed E-state index contributed by atoms with van der Waals surface area (Å²) in [6.07, 6.45) is 0.820. The first-order chi connectivity index (χ1) is 15.0. The summed E-state index contributed by atoms with van der Waals surface area (Å²) < 4.78 is 6.34. The molecule has 0 unspecified atom stereocenters. The molecular formula is C23H22N4O4. The minimum atomic E-state index is -0.713. The number of aromatic nitrogens is 3. The highest BCUT2D eigenvalue weighted by Gasteiger charge is 2.34. The SMILES string of the molecule is COc1cccc(-n2c(O)c([C@H]3c4[nH]c5ccccc5c4CCN3C)c(=O)[nH]c2=O)c1. The van der Waals surface area contributed by atoms with Gasteiger partial charge in [0.25, 0.3) is 5.56 Å². The van der Waals surface area contributed by atoms with Crippen molar-refractivity contribution in [3.05, 3.63) is 86.2 Å². The molecule has 31 heavy (non-hydrogen) atoms. The summed E-state index contributed by atoms with van der Waals surface area (Å²) in [5, 5.41) is 12.3. The average molecular weight is 418 g/mol. The second kappa shape index (κ2) is 7.17. The quantitative estimate of drug-likeness (QED) is 0.474. The van der Waals surface area contributed by atoms with Gasteiger partial charge in [-0.3, -0.25) is 14.7 Å². The number of H-pyrrole nitrogens is 2. The molecule has 3 N–H and O–H groups in total. The van der Waals surface area contributed by atoms with Crippen LogP contribution in [0.3, 0.4) is 0 Å². The predicted octanol–water partition coefficient (Wildman–Crippen LogP) is 2.30. The number of ether oxygens (including phenoxy) is 1. The van der Waals surface area contributed by atoms with Crippen molar-refractivity contribution >= 4 is 10.9 Å². The zero-order valence-corrected chi connectivity index (χ0v) is 17.2. The average Bonchev–Trinajstić information content (AvgIpc) is 3.14. The second-order valence-electron chi connectivity index (χ2n) is 7.73. The molecule has 0 saturated carbocycles. The highest BCUT2D eigenvalue weighted by Crippen LogP contribution is 2.39. The van der Waals surface area contributed by atoms with Gasteiger partial charge in [-0.25, -0.2) is 9.36 Å². The van der Waals surface area contributed by atoms with E-state index in [1.165, 1.54) is 7.11 Å². The smallest absolute Gasteiger partial charge is 0.335 e. The van der Waals surface area contributed by atoms with Gasteiger partial charge < -0.3 is 14.8 Å². The van der Waals surface area contributed by atoms with Gasteiger partial charge in [0.1, 0.15) is 11.3 Å². The van der Waals surface area contributed by atoms with Crippen molar-refractivity contribution in [1.29, 1.82) is 0 Å². The maximum atomic E-state index is 12.9. The first-order valence-corrected chi connectivity index (χ1v) is 10.0. The minimum Gasteiger partial charge on any atom is -0.497 e. The number of fused-ring (bicyclic) bond motifs is 3. The van der Waals surface area contributed by atoms with Crippen LogP contribution in [0.4, 0.5) is 0 Å². The fraction of sp³-hybridized carbons (Fsp3) is 0.217. The summed E-state index contributed by atoms with van der Waals surface area (Å²) in [5.74, 6) is 0.148. The van der Waals surface area contributed by atoms with Crippen molar-refractivity contribution in [3.8, 4) is 17.3 Å². The summed E-state index contributed by atoms with van der Waals surface area (Å²) in [6.45, 7) is 0.705. The van der Waals surface area contributed by atoms with Crippen LogP contribution in [-0.4, -0.2) is 45.2 Å². The molecule has 0 radical (unpaired) electrons. The summed E-state index contributed by atoms with van der Waals surface area (Å²) in [6, 6.07) is 14.2. The third-order valence-electron chi connectivity index (χ3n) is 5.98. The maximum Gasteiger partial charge on any atom is 0.335 e. The van der Waals surface area contributed by atoms with E-state index in [0.29, 0.717) is 18.0 Å². The largest absolute Gasteiger partial charge is 0.497 e. The van der Waals surface area contributed by atoms with Crippen LogP contribution in [0.5, 0.6) is 11.6 Å². The number of para-hydroxylation sites is 1. The normalized spacial score (nSPS) is 16.4. The molecule has 8 heteroatoms. The van der Waals surface area contributed by atoms with Crippen LogP contribution >= 0.6 is 0 Å². The van der Waals surface area contributed by atoms with Gasteiger partial charge in [0.05, 0.1) is 18.8 Å². The first kappa shape index (κ1) is 19.2. The highest BCUT2D eigenvalue weighted by molar-refractivity contribution is 5.85. The Morgan fingerprint density at radius 1 is 1.10 bits per heavy atom. The van der Waals surface area contributed by atoms with E-state index >= 15 is 0 Å². The zero-order valence-electron chi connectivity index (χ0n) is 17.2. The zero-order chi connectivity index (χ0) is 21.7. The maximum absolute atomic E-state index is 12.9. The van der Waals surface area contributed by atoms with E-state index in [1.807, 2.05) is 36.2 Å². The number of likely N-dealkylation sites (N-methyl/N-ethyl adjacent to an activating group) is 1. The van der Waals surface area contributed by atoms with Crippen molar-refractivity contribution in [2.24, 2.45) is 0 Å². The fourth-order valence-electron chi connectivity index (χ4n) is 4.50. The van der Waals surface area contributed by atoms with E-state index in [-0.39, 0.29) is 11.4 Å². The molecule has 1 aliphatic rings. The van der Waals surface area contributed by atoms with Gasteiger partial charge in [-0.1, -0.05) is 24.3 Å².